The maximum atomic E-state index is 10.9. The summed E-state index contributed by atoms with van der Waals surface area (Å²) in [5.74, 6) is 0.182. The van der Waals surface area contributed by atoms with Crippen molar-refractivity contribution in [2.75, 3.05) is 0 Å². The van der Waals surface area contributed by atoms with Crippen molar-refractivity contribution in [3.8, 4) is 0 Å². The Morgan fingerprint density at radius 3 is 2.67 bits per heavy atom. The zero-order chi connectivity index (χ0) is 13.3. The summed E-state index contributed by atoms with van der Waals surface area (Å²) in [7, 11) is 0. The van der Waals surface area contributed by atoms with Crippen LogP contribution in [-0.4, -0.2) is 31.1 Å². The largest absolute Gasteiger partial charge is 0.476 e. The Labute approximate surface area is 103 Å². The van der Waals surface area contributed by atoms with E-state index in [-0.39, 0.29) is 12.2 Å². The van der Waals surface area contributed by atoms with Crippen LogP contribution in [0.25, 0.3) is 0 Å². The lowest BCUT2D eigenvalue weighted by Gasteiger charge is -2.01. The molecule has 2 aromatic rings. The number of carboxylic acids is 1. The van der Waals surface area contributed by atoms with Crippen molar-refractivity contribution < 1.29 is 14.3 Å². The highest BCUT2D eigenvalue weighted by molar-refractivity contribution is 5.86. The molecular weight excluding hydrogens is 236 g/mol. The van der Waals surface area contributed by atoms with E-state index in [1.165, 1.54) is 4.68 Å². The Morgan fingerprint density at radius 1 is 1.44 bits per heavy atom. The highest BCUT2D eigenvalue weighted by atomic mass is 16.4. The first-order chi connectivity index (χ1) is 8.52. The van der Waals surface area contributed by atoms with E-state index in [0.717, 1.165) is 11.5 Å². The Balaban J connectivity index is 2.31. The number of hydrogen-bond donors (Lipinski definition) is 1. The summed E-state index contributed by atoms with van der Waals surface area (Å²) in [5.41, 5.74) is 1.37. The van der Waals surface area contributed by atoms with Crippen LogP contribution in [0.1, 0.15) is 40.5 Å². The van der Waals surface area contributed by atoms with Crippen LogP contribution >= 0.6 is 0 Å². The van der Waals surface area contributed by atoms with Crippen LogP contribution in [-0.2, 0) is 13.0 Å². The Morgan fingerprint density at radius 2 is 2.17 bits per heavy atom. The van der Waals surface area contributed by atoms with Crippen LogP contribution in [0.4, 0.5) is 0 Å². The fourth-order valence-electron chi connectivity index (χ4n) is 1.71. The van der Waals surface area contributed by atoms with Gasteiger partial charge in [0.25, 0.3) is 0 Å². The average molecular weight is 250 g/mol. The predicted molar refractivity (Wildman–Crippen MR) is 61.4 cm³/mol. The maximum absolute atomic E-state index is 10.9. The third kappa shape index (κ3) is 2.11. The molecule has 2 aromatic heterocycles. The summed E-state index contributed by atoms with van der Waals surface area (Å²) >= 11 is 0. The molecule has 18 heavy (non-hydrogen) atoms. The van der Waals surface area contributed by atoms with Gasteiger partial charge in [-0.15, -0.1) is 5.10 Å². The second-order valence-electron chi connectivity index (χ2n) is 3.95. The van der Waals surface area contributed by atoms with Crippen LogP contribution in [0.15, 0.2) is 4.42 Å². The lowest BCUT2D eigenvalue weighted by Crippen LogP contribution is -2.08. The van der Waals surface area contributed by atoms with Crippen molar-refractivity contribution >= 4 is 5.97 Å². The van der Waals surface area contributed by atoms with E-state index in [4.69, 9.17) is 9.52 Å². The third-order valence-corrected chi connectivity index (χ3v) is 2.73. The molecule has 0 amide bonds. The van der Waals surface area contributed by atoms with Gasteiger partial charge in [0.15, 0.2) is 5.69 Å². The molecule has 0 saturated carbocycles. The molecule has 7 nitrogen and oxygen atoms in total. The van der Waals surface area contributed by atoms with Crippen LogP contribution in [0, 0.1) is 13.8 Å². The highest BCUT2D eigenvalue weighted by Gasteiger charge is 2.18. The number of hydrogen-bond acceptors (Lipinski definition) is 5. The maximum Gasteiger partial charge on any atom is 0.358 e. The molecule has 0 aliphatic carbocycles. The summed E-state index contributed by atoms with van der Waals surface area (Å²) in [6, 6.07) is 0. The van der Waals surface area contributed by atoms with Crippen LogP contribution < -0.4 is 0 Å². The minimum Gasteiger partial charge on any atom is -0.476 e. The van der Waals surface area contributed by atoms with E-state index in [1.807, 2.05) is 20.8 Å². The molecule has 0 aliphatic rings. The molecule has 0 atom stereocenters. The molecule has 0 fully saturated rings. The number of carbonyl (C=O) groups is 1. The Hall–Kier alpha value is -2.18. The summed E-state index contributed by atoms with van der Waals surface area (Å²) < 4.78 is 6.95. The Bertz CT molecular complexity index is 566. The lowest BCUT2D eigenvalue weighted by molar-refractivity contribution is 0.0689. The second kappa shape index (κ2) is 4.59. The molecular formula is C11H14N4O3. The first-order valence-corrected chi connectivity index (χ1v) is 5.61. The molecule has 0 spiro atoms. The lowest BCUT2D eigenvalue weighted by atomic mass is 10.2. The van der Waals surface area contributed by atoms with E-state index in [2.05, 4.69) is 15.3 Å². The number of aromatic carboxylic acids is 1. The normalized spacial score (nSPS) is 10.8. The third-order valence-electron chi connectivity index (χ3n) is 2.73. The molecule has 0 saturated heterocycles. The van der Waals surface area contributed by atoms with Gasteiger partial charge in [0.05, 0.1) is 11.4 Å². The van der Waals surface area contributed by atoms with Crippen molar-refractivity contribution in [3.05, 3.63) is 28.7 Å². The van der Waals surface area contributed by atoms with Crippen molar-refractivity contribution in [3.63, 3.8) is 0 Å². The molecule has 0 bridgehead atoms. The summed E-state index contributed by atoms with van der Waals surface area (Å²) in [5, 5.41) is 16.5. The average Bonchev–Trinajstić information content (AvgIpc) is 2.84. The number of carboxylic acid groups (broad SMARTS) is 1. The summed E-state index contributed by atoms with van der Waals surface area (Å²) in [6.45, 7) is 5.83. The molecule has 2 rings (SSSR count). The van der Waals surface area contributed by atoms with Gasteiger partial charge in [-0.1, -0.05) is 12.1 Å². The molecule has 1 N–H and O–H groups in total. The number of oxazole rings is 1. The van der Waals surface area contributed by atoms with Gasteiger partial charge in [-0.25, -0.2) is 14.5 Å². The van der Waals surface area contributed by atoms with Gasteiger partial charge in [0.1, 0.15) is 12.3 Å². The van der Waals surface area contributed by atoms with E-state index in [0.29, 0.717) is 18.0 Å². The van der Waals surface area contributed by atoms with Gasteiger partial charge in [-0.2, -0.15) is 0 Å². The molecule has 0 aliphatic heterocycles. The number of aryl methyl sites for hydroxylation is 2. The van der Waals surface area contributed by atoms with Crippen molar-refractivity contribution in [1.29, 1.82) is 0 Å². The summed E-state index contributed by atoms with van der Waals surface area (Å²) in [4.78, 5) is 15.2. The second-order valence-corrected chi connectivity index (χ2v) is 3.95. The van der Waals surface area contributed by atoms with E-state index >= 15 is 0 Å². The predicted octanol–water partition coefficient (Wildman–Crippen LogP) is 1.19. The van der Waals surface area contributed by atoms with Crippen molar-refractivity contribution in [1.82, 2.24) is 20.0 Å². The van der Waals surface area contributed by atoms with E-state index in [9.17, 15) is 4.79 Å². The first-order valence-electron chi connectivity index (χ1n) is 5.61. The van der Waals surface area contributed by atoms with Crippen LogP contribution in [0.5, 0.6) is 0 Å². The first kappa shape index (κ1) is 12.3. The monoisotopic (exact) mass is 250 g/mol. The number of aromatic nitrogens is 4. The smallest absolute Gasteiger partial charge is 0.358 e. The minimum atomic E-state index is -1.07. The van der Waals surface area contributed by atoms with Gasteiger partial charge in [0.2, 0.25) is 5.89 Å². The van der Waals surface area contributed by atoms with Crippen molar-refractivity contribution in [2.45, 2.75) is 33.7 Å². The number of nitrogens with zero attached hydrogens (tertiary/aromatic N) is 4. The highest BCUT2D eigenvalue weighted by Crippen LogP contribution is 2.12. The van der Waals surface area contributed by atoms with Gasteiger partial charge in [-0.3, -0.25) is 0 Å². The van der Waals surface area contributed by atoms with Crippen molar-refractivity contribution in [2.24, 2.45) is 0 Å². The van der Waals surface area contributed by atoms with Gasteiger partial charge >= 0.3 is 5.97 Å². The van der Waals surface area contributed by atoms with Gasteiger partial charge in [0, 0.05) is 0 Å². The van der Waals surface area contributed by atoms with Crippen LogP contribution in [0.3, 0.4) is 0 Å². The van der Waals surface area contributed by atoms with E-state index < -0.39 is 5.97 Å². The minimum absolute atomic E-state index is 0.0162. The van der Waals surface area contributed by atoms with Gasteiger partial charge in [-0.05, 0) is 20.3 Å². The summed E-state index contributed by atoms with van der Waals surface area (Å²) in [6.07, 6.45) is 0.535. The molecule has 7 heteroatoms. The topological polar surface area (TPSA) is 94.0 Å². The molecule has 0 radical (unpaired) electrons. The zero-order valence-corrected chi connectivity index (χ0v) is 10.5. The number of rotatable bonds is 4. The van der Waals surface area contributed by atoms with Crippen LogP contribution in [0.2, 0.25) is 0 Å². The fraction of sp³-hybridized carbons (Fsp3) is 0.455. The van der Waals surface area contributed by atoms with E-state index in [1.54, 1.807) is 0 Å². The molecule has 2 heterocycles. The standard InChI is InChI=1S/C11H14N4O3/c1-4-8-10(11(16)17)13-14-15(8)5-9-12-6(2)7(3)18-9/h4-5H2,1-3H3,(H,16,17). The SMILES string of the molecule is CCc1c(C(=O)O)nnn1Cc1nc(C)c(C)o1. The quantitative estimate of drug-likeness (QED) is 0.875. The zero-order valence-electron chi connectivity index (χ0n) is 10.5. The molecule has 96 valence electrons. The molecule has 0 aromatic carbocycles. The Kier molecular flexibility index (Phi) is 3.14. The van der Waals surface area contributed by atoms with Gasteiger partial charge < -0.3 is 9.52 Å². The fourth-order valence-corrected chi connectivity index (χ4v) is 1.71. The molecule has 0 unspecified atom stereocenters.